The van der Waals surface area contributed by atoms with Crippen molar-refractivity contribution in [3.63, 3.8) is 0 Å². The van der Waals surface area contributed by atoms with Gasteiger partial charge in [-0.2, -0.15) is 0 Å². The van der Waals surface area contributed by atoms with Crippen molar-refractivity contribution in [2.75, 3.05) is 11.9 Å². The van der Waals surface area contributed by atoms with Crippen LogP contribution in [0.5, 0.6) is 0 Å². The lowest BCUT2D eigenvalue weighted by Crippen LogP contribution is -2.26. The highest BCUT2D eigenvalue weighted by Gasteiger charge is 2.10. The molecule has 2 nitrogen and oxygen atoms in total. The highest BCUT2D eigenvalue weighted by molar-refractivity contribution is 5.99. The summed E-state index contributed by atoms with van der Waals surface area (Å²) in [4.78, 5) is 13.6. The molecule has 2 aromatic rings. The number of nitrogens with zero attached hydrogens (tertiary/aromatic N) is 1. The van der Waals surface area contributed by atoms with Crippen molar-refractivity contribution < 1.29 is 4.79 Å². The summed E-state index contributed by atoms with van der Waals surface area (Å²) in [6.45, 7) is 0. The Bertz CT molecular complexity index is 493. The summed E-state index contributed by atoms with van der Waals surface area (Å²) in [5.74, 6) is 0.0186. The van der Waals surface area contributed by atoms with E-state index in [0.717, 1.165) is 11.3 Å². The van der Waals surface area contributed by atoms with Gasteiger partial charge in [0.1, 0.15) is 0 Å². The Kier molecular flexibility index (Phi) is 4.13. The highest BCUT2D eigenvalue weighted by atomic mass is 16.2. The van der Waals surface area contributed by atoms with Gasteiger partial charge in [-0.15, -0.1) is 0 Å². The number of hydrogen-bond acceptors (Lipinski definition) is 1. The molecule has 2 aromatic carbocycles. The maximum Gasteiger partial charge on any atom is 0.230 e. The van der Waals surface area contributed by atoms with Gasteiger partial charge in [0.2, 0.25) is 5.91 Å². The molecule has 1 amide bonds. The zero-order valence-electron chi connectivity index (χ0n) is 10.4. The van der Waals surface area contributed by atoms with E-state index < -0.39 is 0 Å². The Hall–Kier alpha value is -2.09. The lowest BCUT2D eigenvalue weighted by Gasteiger charge is -2.16. The summed E-state index contributed by atoms with van der Waals surface area (Å²) in [5.41, 5.74) is 2.05. The lowest BCUT2D eigenvalue weighted by atomic mass is 10.1. The molecule has 0 aromatic heterocycles. The molecule has 2 rings (SSSR count). The molecule has 0 bridgehead atoms. The molecule has 0 aliphatic rings. The van der Waals surface area contributed by atoms with Gasteiger partial charge in [0.15, 0.2) is 0 Å². The van der Waals surface area contributed by atoms with Crippen LogP contribution >= 0.6 is 0 Å². The van der Waals surface area contributed by atoms with Crippen molar-refractivity contribution in [3.8, 4) is 0 Å². The molecular formula is C16H16NO. The molecule has 0 saturated carbocycles. The first-order valence-electron chi connectivity index (χ1n) is 5.97. The minimum Gasteiger partial charge on any atom is -0.315 e. The van der Waals surface area contributed by atoms with Gasteiger partial charge < -0.3 is 4.90 Å². The van der Waals surface area contributed by atoms with Gasteiger partial charge in [-0.1, -0.05) is 48.5 Å². The van der Waals surface area contributed by atoms with E-state index in [0.29, 0.717) is 6.42 Å². The largest absolute Gasteiger partial charge is 0.315 e. The van der Waals surface area contributed by atoms with E-state index in [1.54, 1.807) is 18.4 Å². The number of carbonyl (C=O) groups is 1. The summed E-state index contributed by atoms with van der Waals surface area (Å²) in [6, 6.07) is 19.6. The Morgan fingerprint density at radius 1 is 1.00 bits per heavy atom. The molecule has 0 heterocycles. The summed E-state index contributed by atoms with van der Waals surface area (Å²) in [6.07, 6.45) is 2.37. The van der Waals surface area contributed by atoms with Gasteiger partial charge in [0.05, 0.1) is 6.42 Å². The molecule has 0 N–H and O–H groups in total. The van der Waals surface area contributed by atoms with E-state index in [1.165, 1.54) is 0 Å². The lowest BCUT2D eigenvalue weighted by molar-refractivity contribution is -0.115. The zero-order chi connectivity index (χ0) is 12.8. The van der Waals surface area contributed by atoms with Crippen molar-refractivity contribution in [1.29, 1.82) is 0 Å². The second-order valence-electron chi connectivity index (χ2n) is 4.13. The van der Waals surface area contributed by atoms with Crippen molar-refractivity contribution in [1.82, 2.24) is 0 Å². The van der Waals surface area contributed by atoms with Gasteiger partial charge in [-0.25, -0.2) is 0 Å². The second kappa shape index (κ2) is 6.01. The van der Waals surface area contributed by atoms with E-state index in [1.807, 2.05) is 60.7 Å². The maximum atomic E-state index is 12.0. The third-order valence-corrected chi connectivity index (χ3v) is 2.83. The van der Waals surface area contributed by atoms with Crippen LogP contribution in [-0.4, -0.2) is 13.0 Å². The predicted octanol–water partition coefficient (Wildman–Crippen LogP) is 3.10. The van der Waals surface area contributed by atoms with Gasteiger partial charge in [0.25, 0.3) is 0 Å². The van der Waals surface area contributed by atoms with Crippen LogP contribution in [0.2, 0.25) is 0 Å². The number of amides is 1. The van der Waals surface area contributed by atoms with E-state index in [9.17, 15) is 4.79 Å². The second-order valence-corrected chi connectivity index (χ2v) is 4.13. The van der Waals surface area contributed by atoms with Gasteiger partial charge in [-0.3, -0.25) is 4.79 Å². The van der Waals surface area contributed by atoms with E-state index in [4.69, 9.17) is 0 Å². The SMILES string of the molecule is CN(C(=O)[CH]Cc1ccccc1)c1ccccc1. The first kappa shape index (κ1) is 12.4. The average Bonchev–Trinajstić information content (AvgIpc) is 2.46. The van der Waals surface area contributed by atoms with E-state index in [-0.39, 0.29) is 5.91 Å². The Morgan fingerprint density at radius 2 is 1.56 bits per heavy atom. The zero-order valence-corrected chi connectivity index (χ0v) is 10.4. The summed E-state index contributed by atoms with van der Waals surface area (Å²) in [7, 11) is 1.79. The van der Waals surface area contributed by atoms with Crippen LogP contribution in [0.4, 0.5) is 5.69 Å². The number of carbonyl (C=O) groups excluding carboxylic acids is 1. The Balaban J connectivity index is 1.93. The van der Waals surface area contributed by atoms with E-state index in [2.05, 4.69) is 0 Å². The predicted molar refractivity (Wildman–Crippen MR) is 74.3 cm³/mol. The first-order chi connectivity index (χ1) is 8.77. The van der Waals surface area contributed by atoms with Crippen LogP contribution in [0.25, 0.3) is 0 Å². The van der Waals surface area contributed by atoms with Gasteiger partial charge in [0, 0.05) is 12.7 Å². The Morgan fingerprint density at radius 3 is 2.17 bits per heavy atom. The van der Waals surface area contributed by atoms with Crippen LogP contribution < -0.4 is 4.90 Å². The smallest absolute Gasteiger partial charge is 0.230 e. The number of hydrogen-bond donors (Lipinski definition) is 0. The molecule has 0 unspecified atom stereocenters. The molecule has 0 atom stereocenters. The fourth-order valence-corrected chi connectivity index (χ4v) is 1.74. The van der Waals surface area contributed by atoms with Crippen LogP contribution in [0, 0.1) is 6.42 Å². The Labute approximate surface area is 108 Å². The van der Waals surface area contributed by atoms with Crippen molar-refractivity contribution >= 4 is 11.6 Å². The van der Waals surface area contributed by atoms with E-state index >= 15 is 0 Å². The minimum absolute atomic E-state index is 0.0186. The molecule has 0 aliphatic heterocycles. The van der Waals surface area contributed by atoms with Crippen LogP contribution in [0.1, 0.15) is 5.56 Å². The van der Waals surface area contributed by atoms with Gasteiger partial charge >= 0.3 is 0 Å². The number of rotatable bonds is 4. The maximum absolute atomic E-state index is 12.0. The van der Waals surface area contributed by atoms with Crippen molar-refractivity contribution in [2.45, 2.75) is 6.42 Å². The fraction of sp³-hybridized carbons (Fsp3) is 0.125. The quantitative estimate of drug-likeness (QED) is 0.801. The normalized spacial score (nSPS) is 10.1. The monoisotopic (exact) mass is 238 g/mol. The number of anilines is 1. The van der Waals surface area contributed by atoms with Crippen LogP contribution in [-0.2, 0) is 11.2 Å². The molecule has 2 heteroatoms. The molecule has 0 fully saturated rings. The minimum atomic E-state index is 0.0186. The molecule has 0 spiro atoms. The molecule has 91 valence electrons. The molecule has 18 heavy (non-hydrogen) atoms. The summed E-state index contributed by atoms with van der Waals surface area (Å²) in [5, 5.41) is 0. The van der Waals surface area contributed by atoms with Gasteiger partial charge in [-0.05, 0) is 24.1 Å². The van der Waals surface area contributed by atoms with Crippen molar-refractivity contribution in [2.24, 2.45) is 0 Å². The molecule has 1 radical (unpaired) electrons. The summed E-state index contributed by atoms with van der Waals surface area (Å²) >= 11 is 0. The van der Waals surface area contributed by atoms with Crippen LogP contribution in [0.15, 0.2) is 60.7 Å². The molecule has 0 aliphatic carbocycles. The third kappa shape index (κ3) is 3.20. The summed E-state index contributed by atoms with van der Waals surface area (Å²) < 4.78 is 0. The highest BCUT2D eigenvalue weighted by Crippen LogP contribution is 2.12. The van der Waals surface area contributed by atoms with Crippen LogP contribution in [0.3, 0.4) is 0 Å². The third-order valence-electron chi connectivity index (χ3n) is 2.83. The topological polar surface area (TPSA) is 20.3 Å². The van der Waals surface area contributed by atoms with Crippen molar-refractivity contribution in [3.05, 3.63) is 72.6 Å². The average molecular weight is 238 g/mol. The number of benzene rings is 2. The standard InChI is InChI=1S/C16H16NO/c1-17(15-10-6-3-7-11-15)16(18)13-12-14-8-4-2-5-9-14/h2-11,13H,12H2,1H3. The first-order valence-corrected chi connectivity index (χ1v) is 5.97. The number of para-hydroxylation sites is 1. The molecule has 0 saturated heterocycles. The molecular weight excluding hydrogens is 222 g/mol. The fourth-order valence-electron chi connectivity index (χ4n) is 1.74.